The highest BCUT2D eigenvalue weighted by molar-refractivity contribution is 9.10. The molecular weight excluding hydrogens is 494 g/mol. The van der Waals surface area contributed by atoms with Crippen LogP contribution in [0.4, 0.5) is 5.69 Å². The molecular formula is C24H24BrNO5S. The molecule has 0 saturated heterocycles. The number of amides is 1. The lowest BCUT2D eigenvalue weighted by molar-refractivity contribution is -0.117. The predicted molar refractivity (Wildman–Crippen MR) is 128 cm³/mol. The lowest BCUT2D eigenvalue weighted by atomic mass is 10.2. The van der Waals surface area contributed by atoms with Crippen molar-refractivity contribution in [3.05, 3.63) is 82.8 Å². The first kappa shape index (κ1) is 23.8. The van der Waals surface area contributed by atoms with Crippen molar-refractivity contribution in [1.82, 2.24) is 0 Å². The van der Waals surface area contributed by atoms with Crippen molar-refractivity contribution >= 4 is 37.5 Å². The van der Waals surface area contributed by atoms with E-state index in [9.17, 15) is 13.2 Å². The maximum absolute atomic E-state index is 13.3. The highest BCUT2D eigenvalue weighted by atomic mass is 79.9. The molecule has 0 heterocycles. The van der Waals surface area contributed by atoms with E-state index >= 15 is 0 Å². The average molecular weight is 518 g/mol. The van der Waals surface area contributed by atoms with Crippen LogP contribution in [0.15, 0.2) is 82.2 Å². The molecule has 0 aliphatic heterocycles. The van der Waals surface area contributed by atoms with Gasteiger partial charge in [-0.15, -0.1) is 0 Å². The van der Waals surface area contributed by atoms with E-state index in [1.807, 2.05) is 25.1 Å². The fourth-order valence-corrected chi connectivity index (χ4v) is 5.14. The molecule has 3 aromatic carbocycles. The van der Waals surface area contributed by atoms with Gasteiger partial charge in [0.05, 0.1) is 28.8 Å². The molecule has 168 valence electrons. The Bertz CT molecular complexity index is 1160. The van der Waals surface area contributed by atoms with Gasteiger partial charge in [-0.05, 0) is 83.4 Å². The Kier molecular flexibility index (Phi) is 7.93. The molecule has 0 radical (unpaired) electrons. The summed E-state index contributed by atoms with van der Waals surface area (Å²) in [6.07, 6.45) is 0.359. The predicted octanol–water partition coefficient (Wildman–Crippen LogP) is 5.35. The molecule has 0 fully saturated rings. The van der Waals surface area contributed by atoms with Gasteiger partial charge >= 0.3 is 0 Å². The lowest BCUT2D eigenvalue weighted by Crippen LogP contribution is -2.37. The Morgan fingerprint density at radius 3 is 2.31 bits per heavy atom. The molecule has 0 aliphatic carbocycles. The van der Waals surface area contributed by atoms with Crippen LogP contribution >= 0.6 is 15.9 Å². The number of carbonyl (C=O) groups is 1. The van der Waals surface area contributed by atoms with Crippen LogP contribution in [0.5, 0.6) is 11.5 Å². The van der Waals surface area contributed by atoms with E-state index < -0.39 is 15.9 Å². The smallest absolute Gasteiger partial charge is 0.270 e. The minimum atomic E-state index is -4.08. The van der Waals surface area contributed by atoms with Crippen LogP contribution in [0.1, 0.15) is 18.4 Å². The van der Waals surface area contributed by atoms with Crippen molar-refractivity contribution in [2.75, 3.05) is 18.0 Å². The Labute approximate surface area is 197 Å². The number of aryl methyl sites for hydroxylation is 1. The molecule has 0 aliphatic rings. The topological polar surface area (TPSA) is 72.9 Å². The van der Waals surface area contributed by atoms with Crippen molar-refractivity contribution in [2.45, 2.75) is 24.7 Å². The third-order valence-electron chi connectivity index (χ3n) is 4.69. The third kappa shape index (κ3) is 5.69. The second kappa shape index (κ2) is 10.7. The summed E-state index contributed by atoms with van der Waals surface area (Å²) < 4.78 is 39.2. The number of sulfonamides is 1. The Morgan fingerprint density at radius 2 is 1.69 bits per heavy atom. The number of carbonyl (C=O) groups excluding carboxylic acids is 1. The van der Waals surface area contributed by atoms with Gasteiger partial charge in [0.25, 0.3) is 10.0 Å². The van der Waals surface area contributed by atoms with Gasteiger partial charge in [0.15, 0.2) is 0 Å². The van der Waals surface area contributed by atoms with Crippen LogP contribution < -0.4 is 13.8 Å². The molecule has 8 heteroatoms. The van der Waals surface area contributed by atoms with Gasteiger partial charge in [-0.1, -0.05) is 24.3 Å². The highest BCUT2D eigenvalue weighted by Crippen LogP contribution is 2.28. The average Bonchev–Trinajstić information content (AvgIpc) is 2.79. The van der Waals surface area contributed by atoms with E-state index in [2.05, 4.69) is 15.9 Å². The van der Waals surface area contributed by atoms with E-state index in [4.69, 9.17) is 9.47 Å². The summed E-state index contributed by atoms with van der Waals surface area (Å²) in [6, 6.07) is 20.0. The second-order valence-electron chi connectivity index (χ2n) is 7.06. The highest BCUT2D eigenvalue weighted by Gasteiger charge is 2.30. The SMILES string of the molecule is COc1ccc(N(C(=O)CCCOc2ccc(C)cc2Br)S(=O)(=O)c2ccccc2)cc1. The van der Waals surface area contributed by atoms with Crippen LogP contribution in [0.3, 0.4) is 0 Å². The van der Waals surface area contributed by atoms with Crippen LogP contribution in [0, 0.1) is 6.92 Å². The molecule has 0 N–H and O–H groups in total. The first-order valence-electron chi connectivity index (χ1n) is 9.99. The summed E-state index contributed by atoms with van der Waals surface area (Å²) in [4.78, 5) is 13.1. The monoisotopic (exact) mass is 517 g/mol. The Hall–Kier alpha value is -2.84. The van der Waals surface area contributed by atoms with Crippen molar-refractivity contribution < 1.29 is 22.7 Å². The van der Waals surface area contributed by atoms with E-state index in [1.54, 1.807) is 42.5 Å². The Balaban J connectivity index is 1.77. The maximum atomic E-state index is 13.3. The van der Waals surface area contributed by atoms with Crippen molar-refractivity contribution in [2.24, 2.45) is 0 Å². The quantitative estimate of drug-likeness (QED) is 0.358. The van der Waals surface area contributed by atoms with Crippen LogP contribution in [0.2, 0.25) is 0 Å². The second-order valence-corrected chi connectivity index (χ2v) is 9.70. The summed E-state index contributed by atoms with van der Waals surface area (Å²) in [7, 11) is -2.56. The zero-order valence-electron chi connectivity index (χ0n) is 17.8. The summed E-state index contributed by atoms with van der Waals surface area (Å²) >= 11 is 3.46. The molecule has 0 saturated carbocycles. The number of benzene rings is 3. The molecule has 0 aromatic heterocycles. The fraction of sp³-hybridized carbons (Fsp3) is 0.208. The number of halogens is 1. The molecule has 0 bridgehead atoms. The number of methoxy groups -OCH3 is 1. The molecule has 1 amide bonds. The van der Waals surface area contributed by atoms with Crippen LogP contribution in [-0.4, -0.2) is 28.0 Å². The van der Waals surface area contributed by atoms with E-state index in [-0.39, 0.29) is 23.6 Å². The number of hydrogen-bond acceptors (Lipinski definition) is 5. The zero-order chi connectivity index (χ0) is 23.1. The van der Waals surface area contributed by atoms with Gasteiger partial charge in [0, 0.05) is 6.42 Å². The lowest BCUT2D eigenvalue weighted by Gasteiger charge is -2.23. The summed E-state index contributed by atoms with van der Waals surface area (Å²) in [5, 5.41) is 0. The molecule has 6 nitrogen and oxygen atoms in total. The summed E-state index contributed by atoms with van der Waals surface area (Å²) in [6.45, 7) is 2.25. The zero-order valence-corrected chi connectivity index (χ0v) is 20.2. The first-order valence-corrected chi connectivity index (χ1v) is 12.2. The molecule has 0 atom stereocenters. The van der Waals surface area contributed by atoms with E-state index in [1.165, 1.54) is 19.2 Å². The van der Waals surface area contributed by atoms with Crippen molar-refractivity contribution in [1.29, 1.82) is 0 Å². The minimum Gasteiger partial charge on any atom is -0.497 e. The first-order chi connectivity index (χ1) is 15.3. The maximum Gasteiger partial charge on any atom is 0.270 e. The van der Waals surface area contributed by atoms with Gasteiger partial charge < -0.3 is 9.47 Å². The fourth-order valence-electron chi connectivity index (χ4n) is 3.06. The van der Waals surface area contributed by atoms with Crippen molar-refractivity contribution in [3.8, 4) is 11.5 Å². The standard InChI is InChI=1S/C24H24BrNO5S/c1-18-10-15-23(22(25)17-18)31-16-6-9-24(27)26(19-11-13-20(30-2)14-12-19)32(28,29)21-7-4-3-5-8-21/h3-5,7-8,10-15,17H,6,9,16H2,1-2H3. The number of hydrogen-bond donors (Lipinski definition) is 0. The number of nitrogens with zero attached hydrogens (tertiary/aromatic N) is 1. The van der Waals surface area contributed by atoms with Gasteiger partial charge in [-0.25, -0.2) is 12.7 Å². The molecule has 0 unspecified atom stereocenters. The van der Waals surface area contributed by atoms with Gasteiger partial charge in [-0.2, -0.15) is 0 Å². The molecule has 0 spiro atoms. The van der Waals surface area contributed by atoms with Crippen LogP contribution in [-0.2, 0) is 14.8 Å². The largest absolute Gasteiger partial charge is 0.497 e. The number of rotatable bonds is 9. The summed E-state index contributed by atoms with van der Waals surface area (Å²) in [5.41, 5.74) is 1.35. The third-order valence-corrected chi connectivity index (χ3v) is 7.08. The van der Waals surface area contributed by atoms with Gasteiger partial charge in [-0.3, -0.25) is 4.79 Å². The van der Waals surface area contributed by atoms with E-state index in [0.29, 0.717) is 17.9 Å². The number of anilines is 1. The van der Waals surface area contributed by atoms with Gasteiger partial charge in [0.1, 0.15) is 11.5 Å². The minimum absolute atomic E-state index is 0.00156. The van der Waals surface area contributed by atoms with E-state index in [0.717, 1.165) is 14.3 Å². The molecule has 3 aromatic rings. The summed E-state index contributed by atoms with van der Waals surface area (Å²) in [5.74, 6) is 0.702. The molecule has 32 heavy (non-hydrogen) atoms. The number of ether oxygens (including phenoxy) is 2. The van der Waals surface area contributed by atoms with Crippen molar-refractivity contribution in [3.63, 3.8) is 0 Å². The normalized spacial score (nSPS) is 11.1. The van der Waals surface area contributed by atoms with Crippen LogP contribution in [0.25, 0.3) is 0 Å². The Morgan fingerprint density at radius 1 is 1.00 bits per heavy atom. The molecule has 3 rings (SSSR count). The van der Waals surface area contributed by atoms with Gasteiger partial charge in [0.2, 0.25) is 5.91 Å².